The van der Waals surface area contributed by atoms with Crippen LogP contribution in [0, 0.1) is 0 Å². The van der Waals surface area contributed by atoms with Crippen molar-refractivity contribution in [2.45, 2.75) is 19.8 Å². The first-order chi connectivity index (χ1) is 7.26. The van der Waals surface area contributed by atoms with Gasteiger partial charge in [0.1, 0.15) is 17.3 Å². The van der Waals surface area contributed by atoms with E-state index < -0.39 is 0 Å². The molecule has 0 fully saturated rings. The number of carbonyl (C=O) groups is 1. The smallest absolute Gasteiger partial charge is 0.136 e. The Bertz CT molecular complexity index is 303. The Morgan fingerprint density at radius 3 is 2.33 bits per heavy atom. The molecule has 0 unspecified atom stereocenters. The zero-order valence-electron chi connectivity index (χ0n) is 9.16. The number of methoxy groups -OCH3 is 1. The first kappa shape index (κ1) is 11.6. The quantitative estimate of drug-likeness (QED) is 0.720. The predicted octanol–water partition coefficient (Wildman–Crippen LogP) is 2.44. The van der Waals surface area contributed by atoms with E-state index in [1.807, 2.05) is 31.2 Å². The van der Waals surface area contributed by atoms with Crippen molar-refractivity contribution >= 4 is 5.78 Å². The lowest BCUT2D eigenvalue weighted by molar-refractivity contribution is -0.119. The fourth-order valence-corrected chi connectivity index (χ4v) is 1.13. The molecule has 0 aliphatic heterocycles. The Morgan fingerprint density at radius 2 is 1.80 bits per heavy atom. The van der Waals surface area contributed by atoms with Gasteiger partial charge in [-0.1, -0.05) is 6.92 Å². The van der Waals surface area contributed by atoms with Crippen LogP contribution in [0.4, 0.5) is 0 Å². The molecule has 1 rings (SSSR count). The highest BCUT2D eigenvalue weighted by molar-refractivity contribution is 5.78. The number of carbonyl (C=O) groups excluding carboxylic acids is 1. The lowest BCUT2D eigenvalue weighted by Gasteiger charge is -2.05. The van der Waals surface area contributed by atoms with E-state index in [9.17, 15) is 4.79 Å². The molecule has 0 heterocycles. The first-order valence-electron chi connectivity index (χ1n) is 5.04. The molecule has 0 radical (unpaired) electrons. The van der Waals surface area contributed by atoms with Crippen molar-refractivity contribution in [1.82, 2.24) is 0 Å². The molecule has 0 aliphatic rings. The largest absolute Gasteiger partial charge is 0.497 e. The van der Waals surface area contributed by atoms with Crippen molar-refractivity contribution in [3.05, 3.63) is 24.3 Å². The summed E-state index contributed by atoms with van der Waals surface area (Å²) < 4.78 is 10.4. The molecule has 0 saturated carbocycles. The summed E-state index contributed by atoms with van der Waals surface area (Å²) in [6.45, 7) is 2.30. The normalized spacial score (nSPS) is 9.73. The lowest BCUT2D eigenvalue weighted by atomic mass is 10.2. The molecule has 1 aromatic carbocycles. The zero-order valence-corrected chi connectivity index (χ0v) is 9.16. The van der Waals surface area contributed by atoms with Gasteiger partial charge in [-0.25, -0.2) is 0 Å². The molecule has 1 aromatic rings. The van der Waals surface area contributed by atoms with Crippen LogP contribution < -0.4 is 9.47 Å². The summed E-state index contributed by atoms with van der Waals surface area (Å²) in [7, 11) is 1.62. The van der Waals surface area contributed by atoms with E-state index in [-0.39, 0.29) is 5.78 Å². The van der Waals surface area contributed by atoms with E-state index in [1.165, 1.54) is 0 Å². The van der Waals surface area contributed by atoms with Crippen LogP contribution in [0.2, 0.25) is 0 Å². The number of Topliss-reactive ketones (excluding diaryl/α,β-unsaturated/α-hetero) is 1. The van der Waals surface area contributed by atoms with Gasteiger partial charge in [-0.3, -0.25) is 4.79 Å². The molecular weight excluding hydrogens is 192 g/mol. The van der Waals surface area contributed by atoms with E-state index in [2.05, 4.69) is 0 Å². The maximum Gasteiger partial charge on any atom is 0.136 e. The van der Waals surface area contributed by atoms with Gasteiger partial charge in [-0.05, 0) is 24.3 Å². The van der Waals surface area contributed by atoms with E-state index in [0.717, 1.165) is 11.5 Å². The molecular formula is C12H16O3. The maximum absolute atomic E-state index is 11.0. The SMILES string of the molecule is CCC(=O)CCOc1ccc(OC)cc1. The lowest BCUT2D eigenvalue weighted by Crippen LogP contribution is -2.04. The van der Waals surface area contributed by atoms with Crippen molar-refractivity contribution in [3.63, 3.8) is 0 Å². The van der Waals surface area contributed by atoms with Gasteiger partial charge in [0.2, 0.25) is 0 Å². The van der Waals surface area contributed by atoms with Gasteiger partial charge in [-0.15, -0.1) is 0 Å². The van der Waals surface area contributed by atoms with Crippen LogP contribution in [-0.2, 0) is 4.79 Å². The van der Waals surface area contributed by atoms with Gasteiger partial charge in [0, 0.05) is 12.8 Å². The van der Waals surface area contributed by atoms with Crippen molar-refractivity contribution in [2.24, 2.45) is 0 Å². The van der Waals surface area contributed by atoms with Gasteiger partial charge >= 0.3 is 0 Å². The van der Waals surface area contributed by atoms with Crippen LogP contribution in [0.15, 0.2) is 24.3 Å². The van der Waals surface area contributed by atoms with E-state index in [1.54, 1.807) is 7.11 Å². The average molecular weight is 208 g/mol. The summed E-state index contributed by atoms with van der Waals surface area (Å²) in [5, 5.41) is 0. The Labute approximate surface area is 90.0 Å². The molecule has 3 nitrogen and oxygen atoms in total. The van der Waals surface area contributed by atoms with Gasteiger partial charge in [0.15, 0.2) is 0 Å². The predicted molar refractivity (Wildman–Crippen MR) is 58.4 cm³/mol. The van der Waals surface area contributed by atoms with Gasteiger partial charge in [0.05, 0.1) is 13.7 Å². The van der Waals surface area contributed by atoms with Crippen LogP contribution in [0.1, 0.15) is 19.8 Å². The third kappa shape index (κ3) is 4.02. The van der Waals surface area contributed by atoms with Gasteiger partial charge in [0.25, 0.3) is 0 Å². The topological polar surface area (TPSA) is 35.5 Å². The number of hydrogen-bond donors (Lipinski definition) is 0. The standard InChI is InChI=1S/C12H16O3/c1-3-10(13)8-9-15-12-6-4-11(14-2)5-7-12/h4-7H,3,8-9H2,1-2H3. The molecule has 0 atom stereocenters. The highest BCUT2D eigenvalue weighted by atomic mass is 16.5. The summed E-state index contributed by atoms with van der Waals surface area (Å²) in [5.74, 6) is 1.79. The van der Waals surface area contributed by atoms with Crippen LogP contribution in [-0.4, -0.2) is 19.5 Å². The van der Waals surface area contributed by atoms with Crippen molar-refractivity contribution in [3.8, 4) is 11.5 Å². The average Bonchev–Trinajstić information content (AvgIpc) is 2.29. The van der Waals surface area contributed by atoms with Crippen LogP contribution in [0.3, 0.4) is 0 Å². The van der Waals surface area contributed by atoms with E-state index in [0.29, 0.717) is 19.4 Å². The van der Waals surface area contributed by atoms with E-state index >= 15 is 0 Å². The number of ketones is 1. The summed E-state index contributed by atoms with van der Waals surface area (Å²) >= 11 is 0. The summed E-state index contributed by atoms with van der Waals surface area (Å²) in [4.78, 5) is 11.0. The molecule has 15 heavy (non-hydrogen) atoms. The molecule has 0 saturated heterocycles. The summed E-state index contributed by atoms with van der Waals surface area (Å²) in [5.41, 5.74) is 0. The number of hydrogen-bond acceptors (Lipinski definition) is 3. The zero-order chi connectivity index (χ0) is 11.1. The summed E-state index contributed by atoms with van der Waals surface area (Å²) in [6.07, 6.45) is 1.05. The van der Waals surface area contributed by atoms with Crippen molar-refractivity contribution in [1.29, 1.82) is 0 Å². The number of rotatable bonds is 6. The second kappa shape index (κ2) is 6.06. The number of ether oxygens (including phenoxy) is 2. The Balaban J connectivity index is 2.34. The monoisotopic (exact) mass is 208 g/mol. The molecule has 3 heteroatoms. The van der Waals surface area contributed by atoms with Crippen LogP contribution >= 0.6 is 0 Å². The number of benzene rings is 1. The molecule has 0 amide bonds. The van der Waals surface area contributed by atoms with Crippen LogP contribution in [0.25, 0.3) is 0 Å². The first-order valence-corrected chi connectivity index (χ1v) is 5.04. The third-order valence-corrected chi connectivity index (χ3v) is 2.10. The molecule has 0 spiro atoms. The minimum Gasteiger partial charge on any atom is -0.497 e. The highest BCUT2D eigenvalue weighted by Crippen LogP contribution is 2.16. The molecule has 0 N–H and O–H groups in total. The minimum atomic E-state index is 0.225. The van der Waals surface area contributed by atoms with Gasteiger partial charge < -0.3 is 9.47 Å². The third-order valence-electron chi connectivity index (χ3n) is 2.10. The fourth-order valence-electron chi connectivity index (χ4n) is 1.13. The molecule has 0 aliphatic carbocycles. The Hall–Kier alpha value is -1.51. The van der Waals surface area contributed by atoms with Crippen molar-refractivity contribution < 1.29 is 14.3 Å². The van der Waals surface area contributed by atoms with Gasteiger partial charge in [-0.2, -0.15) is 0 Å². The Kier molecular flexibility index (Phi) is 4.68. The highest BCUT2D eigenvalue weighted by Gasteiger charge is 1.99. The molecule has 0 bridgehead atoms. The fraction of sp³-hybridized carbons (Fsp3) is 0.417. The summed E-state index contributed by atoms with van der Waals surface area (Å²) in [6, 6.07) is 7.32. The van der Waals surface area contributed by atoms with Crippen molar-refractivity contribution in [2.75, 3.05) is 13.7 Å². The Morgan fingerprint density at radius 1 is 1.20 bits per heavy atom. The van der Waals surface area contributed by atoms with E-state index in [4.69, 9.17) is 9.47 Å². The second-order valence-corrected chi connectivity index (χ2v) is 3.17. The molecule has 82 valence electrons. The maximum atomic E-state index is 11.0. The minimum absolute atomic E-state index is 0.225. The molecule has 0 aromatic heterocycles. The van der Waals surface area contributed by atoms with Crippen LogP contribution in [0.5, 0.6) is 11.5 Å². The second-order valence-electron chi connectivity index (χ2n) is 3.17.